The maximum absolute atomic E-state index is 14.1. The summed E-state index contributed by atoms with van der Waals surface area (Å²) in [7, 11) is 1.43. The predicted molar refractivity (Wildman–Crippen MR) is 119 cm³/mol. The van der Waals surface area contributed by atoms with E-state index in [4.69, 9.17) is 9.57 Å². The number of nitrogens with one attached hydrogen (secondary N) is 1. The van der Waals surface area contributed by atoms with Crippen LogP contribution >= 0.6 is 0 Å². The summed E-state index contributed by atoms with van der Waals surface area (Å²) in [5, 5.41) is 16.6. The van der Waals surface area contributed by atoms with Crippen LogP contribution in [0, 0.1) is 0 Å². The molecule has 3 rings (SSSR count). The Labute approximate surface area is 194 Å². The van der Waals surface area contributed by atoms with E-state index < -0.39 is 35.6 Å². The number of aldehydes is 1. The zero-order chi connectivity index (χ0) is 25.3. The number of rotatable bonds is 7. The summed E-state index contributed by atoms with van der Waals surface area (Å²) in [5.41, 5.74) is -3.18. The first kappa shape index (κ1) is 25.2. The lowest BCUT2D eigenvalue weighted by molar-refractivity contribution is -0.254. The normalized spacial score (nSPS) is 17.5. The third-order valence-corrected chi connectivity index (χ3v) is 5.83. The maximum atomic E-state index is 14.1. The standard InChI is InChI=1S/C24H25F3N2O5/c1-14-19-11-16(8-9-18(19)20(12-30)34-29-14)28-21(31)23(32,24(25,26)27)13-22(2,3)15-6-5-7-17(10-15)33-4/h5-12,20,32H,13H2,1-4H3,(H,28,31). The van der Waals surface area contributed by atoms with Crippen molar-refractivity contribution in [2.24, 2.45) is 5.16 Å². The van der Waals surface area contributed by atoms with Gasteiger partial charge in [0.25, 0.3) is 5.91 Å². The number of aliphatic hydroxyl groups is 1. The summed E-state index contributed by atoms with van der Waals surface area (Å²) in [6.45, 7) is 4.60. The van der Waals surface area contributed by atoms with E-state index in [0.29, 0.717) is 34.4 Å². The summed E-state index contributed by atoms with van der Waals surface area (Å²) in [4.78, 5) is 29.1. The molecule has 2 unspecified atom stereocenters. The lowest BCUT2D eigenvalue weighted by Gasteiger charge is -2.36. The summed E-state index contributed by atoms with van der Waals surface area (Å²) in [6.07, 6.45) is -6.61. The largest absolute Gasteiger partial charge is 0.497 e. The number of alkyl halides is 3. The highest BCUT2D eigenvalue weighted by atomic mass is 19.4. The van der Waals surface area contributed by atoms with Gasteiger partial charge in [0.05, 0.1) is 12.8 Å². The zero-order valence-corrected chi connectivity index (χ0v) is 19.1. The number of benzene rings is 2. The topological polar surface area (TPSA) is 97.2 Å². The molecule has 0 saturated heterocycles. The van der Waals surface area contributed by atoms with E-state index in [1.165, 1.54) is 39.2 Å². The fourth-order valence-corrected chi connectivity index (χ4v) is 3.86. The Kier molecular flexibility index (Phi) is 6.75. The Morgan fingerprint density at radius 2 is 1.94 bits per heavy atom. The third-order valence-electron chi connectivity index (χ3n) is 5.83. The van der Waals surface area contributed by atoms with Crippen molar-refractivity contribution in [3.05, 3.63) is 59.2 Å². The monoisotopic (exact) mass is 478 g/mol. The Morgan fingerprint density at radius 1 is 1.24 bits per heavy atom. The Morgan fingerprint density at radius 3 is 2.56 bits per heavy atom. The van der Waals surface area contributed by atoms with Gasteiger partial charge in [-0.25, -0.2) is 0 Å². The maximum Gasteiger partial charge on any atom is 0.426 e. The molecule has 0 saturated carbocycles. The smallest absolute Gasteiger partial charge is 0.426 e. The minimum absolute atomic E-state index is 0.00621. The summed E-state index contributed by atoms with van der Waals surface area (Å²) in [6, 6.07) is 10.6. The van der Waals surface area contributed by atoms with Crippen LogP contribution in [-0.4, -0.2) is 41.9 Å². The molecule has 2 N–H and O–H groups in total. The molecule has 1 aliphatic rings. The van der Waals surface area contributed by atoms with E-state index in [1.807, 2.05) is 0 Å². The number of oxime groups is 1. The van der Waals surface area contributed by atoms with Gasteiger partial charge in [0.2, 0.25) is 11.7 Å². The first-order valence-corrected chi connectivity index (χ1v) is 10.4. The highest BCUT2D eigenvalue weighted by Crippen LogP contribution is 2.42. The van der Waals surface area contributed by atoms with Crippen molar-refractivity contribution >= 4 is 23.6 Å². The number of hydrogen-bond donors (Lipinski definition) is 2. The molecule has 10 heteroatoms. The van der Waals surface area contributed by atoms with Gasteiger partial charge in [-0.15, -0.1) is 0 Å². The minimum atomic E-state index is -5.25. The Balaban J connectivity index is 1.93. The van der Waals surface area contributed by atoms with Crippen LogP contribution in [0.3, 0.4) is 0 Å². The van der Waals surface area contributed by atoms with Crippen LogP contribution < -0.4 is 10.1 Å². The van der Waals surface area contributed by atoms with Crippen molar-refractivity contribution in [3.8, 4) is 5.75 Å². The van der Waals surface area contributed by atoms with Crippen LogP contribution in [0.4, 0.5) is 18.9 Å². The molecular formula is C24H25F3N2O5. The van der Waals surface area contributed by atoms with E-state index >= 15 is 0 Å². The molecular weight excluding hydrogens is 453 g/mol. The first-order valence-electron chi connectivity index (χ1n) is 10.4. The SMILES string of the molecule is COc1cccc(C(C)(C)CC(O)(C(=O)Nc2ccc3c(c2)C(C)=NOC3C=O)C(F)(F)F)c1. The van der Waals surface area contributed by atoms with Crippen molar-refractivity contribution in [2.75, 3.05) is 12.4 Å². The number of fused-ring (bicyclic) bond motifs is 1. The van der Waals surface area contributed by atoms with Crippen molar-refractivity contribution in [2.45, 2.75) is 50.5 Å². The van der Waals surface area contributed by atoms with Gasteiger partial charge in [-0.2, -0.15) is 13.2 Å². The van der Waals surface area contributed by atoms with Gasteiger partial charge in [0.15, 0.2) is 6.29 Å². The average molecular weight is 478 g/mol. The lowest BCUT2D eigenvalue weighted by Crippen LogP contribution is -2.57. The molecule has 0 bridgehead atoms. The molecule has 1 aliphatic heterocycles. The molecule has 2 aromatic carbocycles. The Hall–Kier alpha value is -3.40. The second-order valence-electron chi connectivity index (χ2n) is 8.75. The number of nitrogens with zero attached hydrogens (tertiary/aromatic N) is 1. The van der Waals surface area contributed by atoms with E-state index in [2.05, 4.69) is 10.5 Å². The highest BCUT2D eigenvalue weighted by Gasteiger charge is 2.61. The van der Waals surface area contributed by atoms with Crippen molar-refractivity contribution in [3.63, 3.8) is 0 Å². The molecule has 1 heterocycles. The van der Waals surface area contributed by atoms with E-state index in [9.17, 15) is 27.9 Å². The molecule has 7 nitrogen and oxygen atoms in total. The van der Waals surface area contributed by atoms with Crippen molar-refractivity contribution in [1.82, 2.24) is 0 Å². The molecule has 0 aliphatic carbocycles. The fourth-order valence-electron chi connectivity index (χ4n) is 3.86. The second kappa shape index (κ2) is 9.09. The molecule has 0 aromatic heterocycles. The number of ether oxygens (including phenoxy) is 1. The predicted octanol–water partition coefficient (Wildman–Crippen LogP) is 4.29. The summed E-state index contributed by atoms with van der Waals surface area (Å²) in [5.74, 6) is -1.18. The average Bonchev–Trinajstić information content (AvgIpc) is 2.78. The zero-order valence-electron chi connectivity index (χ0n) is 19.1. The molecule has 2 aromatic rings. The van der Waals surface area contributed by atoms with Crippen molar-refractivity contribution in [1.29, 1.82) is 0 Å². The number of carbonyl (C=O) groups excluding carboxylic acids is 2. The molecule has 182 valence electrons. The highest BCUT2D eigenvalue weighted by molar-refractivity contribution is 6.03. The number of hydrogen-bond acceptors (Lipinski definition) is 6. The third kappa shape index (κ3) is 4.77. The molecule has 0 spiro atoms. The number of amides is 1. The van der Waals surface area contributed by atoms with Crippen LogP contribution in [-0.2, 0) is 19.8 Å². The van der Waals surface area contributed by atoms with Gasteiger partial charge in [0.1, 0.15) is 5.75 Å². The quantitative estimate of drug-likeness (QED) is 0.579. The van der Waals surface area contributed by atoms with Gasteiger partial charge < -0.3 is 20.0 Å². The van der Waals surface area contributed by atoms with E-state index in [-0.39, 0.29) is 5.69 Å². The molecule has 34 heavy (non-hydrogen) atoms. The molecule has 1 amide bonds. The number of carbonyl (C=O) groups is 2. The van der Waals surface area contributed by atoms with E-state index in [0.717, 1.165) is 0 Å². The van der Waals surface area contributed by atoms with Gasteiger partial charge in [-0.05, 0) is 42.2 Å². The van der Waals surface area contributed by atoms with Crippen LogP contribution in [0.2, 0.25) is 0 Å². The van der Waals surface area contributed by atoms with Crippen LogP contribution in [0.25, 0.3) is 0 Å². The van der Waals surface area contributed by atoms with Crippen LogP contribution in [0.5, 0.6) is 5.75 Å². The van der Waals surface area contributed by atoms with Gasteiger partial charge >= 0.3 is 6.18 Å². The van der Waals surface area contributed by atoms with Crippen LogP contribution in [0.1, 0.15) is 50.0 Å². The summed E-state index contributed by atoms with van der Waals surface area (Å²) < 4.78 is 47.4. The number of methoxy groups -OCH3 is 1. The van der Waals surface area contributed by atoms with Crippen LogP contribution in [0.15, 0.2) is 47.6 Å². The minimum Gasteiger partial charge on any atom is -0.497 e. The molecule has 2 atom stereocenters. The molecule has 0 radical (unpaired) electrons. The van der Waals surface area contributed by atoms with Gasteiger partial charge in [-0.3, -0.25) is 9.59 Å². The van der Waals surface area contributed by atoms with E-state index in [1.54, 1.807) is 31.2 Å². The first-order chi connectivity index (χ1) is 15.8. The molecule has 0 fully saturated rings. The van der Waals surface area contributed by atoms with Crippen molar-refractivity contribution < 1.29 is 37.4 Å². The second-order valence-corrected chi connectivity index (χ2v) is 8.75. The van der Waals surface area contributed by atoms with Gasteiger partial charge in [-0.1, -0.05) is 37.2 Å². The Bertz CT molecular complexity index is 1130. The fraction of sp³-hybridized carbons (Fsp3) is 0.375. The summed E-state index contributed by atoms with van der Waals surface area (Å²) >= 11 is 0. The number of anilines is 1. The number of halogens is 3. The lowest BCUT2D eigenvalue weighted by atomic mass is 9.74. The van der Waals surface area contributed by atoms with Gasteiger partial charge in [0, 0.05) is 23.2 Å².